The highest BCUT2D eigenvalue weighted by atomic mass is 32.2. The van der Waals surface area contributed by atoms with Crippen molar-refractivity contribution in [2.75, 3.05) is 5.32 Å². The summed E-state index contributed by atoms with van der Waals surface area (Å²) < 4.78 is 7.06. The van der Waals surface area contributed by atoms with Gasteiger partial charge in [0.15, 0.2) is 16.6 Å². The molecule has 0 aliphatic rings. The van der Waals surface area contributed by atoms with E-state index in [1.165, 1.54) is 24.5 Å². The highest BCUT2D eigenvalue weighted by Gasteiger charge is 2.20. The number of benzene rings is 2. The maximum atomic E-state index is 12.6. The van der Waals surface area contributed by atoms with Crippen molar-refractivity contribution in [2.24, 2.45) is 7.05 Å². The summed E-state index contributed by atoms with van der Waals surface area (Å²) in [5.41, 5.74) is 1.71. The fourth-order valence-electron chi connectivity index (χ4n) is 2.67. The van der Waals surface area contributed by atoms with Gasteiger partial charge in [0.2, 0.25) is 0 Å². The molecule has 4 aromatic rings. The lowest BCUT2D eigenvalue weighted by molar-refractivity contribution is -0.387. The van der Waals surface area contributed by atoms with Gasteiger partial charge in [-0.15, -0.1) is 10.2 Å². The Morgan fingerprint density at radius 3 is 2.83 bits per heavy atom. The summed E-state index contributed by atoms with van der Waals surface area (Å²) in [4.78, 5) is 28.2. The lowest BCUT2D eigenvalue weighted by atomic mass is 10.2. The summed E-state index contributed by atoms with van der Waals surface area (Å²) in [7, 11) is 1.74. The van der Waals surface area contributed by atoms with Crippen LogP contribution in [0.3, 0.4) is 0 Å². The Labute approximate surface area is 168 Å². The third kappa shape index (κ3) is 3.80. The average Bonchev–Trinajstić information content (AvgIpc) is 3.25. The number of nitro groups is 1. The zero-order valence-electron chi connectivity index (χ0n) is 15.3. The van der Waals surface area contributed by atoms with Crippen LogP contribution in [-0.4, -0.2) is 30.6 Å². The quantitative estimate of drug-likeness (QED) is 0.390. The van der Waals surface area contributed by atoms with E-state index in [1.807, 2.05) is 0 Å². The molecule has 11 heteroatoms. The van der Waals surface area contributed by atoms with Crippen molar-refractivity contribution in [3.05, 3.63) is 64.3 Å². The topological polar surface area (TPSA) is 129 Å². The average molecular weight is 410 g/mol. The number of carbonyl (C=O) groups is 1. The summed E-state index contributed by atoms with van der Waals surface area (Å²) in [6, 6.07) is 9.35. The first-order valence-electron chi connectivity index (χ1n) is 8.39. The van der Waals surface area contributed by atoms with Crippen LogP contribution in [0.4, 0.5) is 11.4 Å². The minimum Gasteiger partial charge on any atom is -0.441 e. The van der Waals surface area contributed by atoms with Crippen LogP contribution < -0.4 is 5.32 Å². The number of fused-ring (bicyclic) bond motifs is 1. The van der Waals surface area contributed by atoms with Gasteiger partial charge in [0.1, 0.15) is 11.8 Å². The lowest BCUT2D eigenvalue weighted by Gasteiger charge is -2.07. The minimum atomic E-state index is -0.528. The smallest absolute Gasteiger partial charge is 0.284 e. The van der Waals surface area contributed by atoms with Crippen molar-refractivity contribution in [2.45, 2.75) is 17.0 Å². The number of aromatic nitrogens is 4. The Morgan fingerprint density at radius 2 is 2.10 bits per heavy atom. The van der Waals surface area contributed by atoms with Gasteiger partial charge >= 0.3 is 0 Å². The summed E-state index contributed by atoms with van der Waals surface area (Å²) in [5.74, 6) is 0.0537. The maximum absolute atomic E-state index is 12.6. The second kappa shape index (κ2) is 7.36. The fourth-order valence-corrected chi connectivity index (χ4v) is 3.52. The summed E-state index contributed by atoms with van der Waals surface area (Å²) >= 11 is 1.10. The van der Waals surface area contributed by atoms with Crippen LogP contribution in [0.15, 0.2) is 57.2 Å². The van der Waals surface area contributed by atoms with E-state index in [1.54, 1.807) is 36.7 Å². The molecule has 0 saturated carbocycles. The highest BCUT2D eigenvalue weighted by molar-refractivity contribution is 7.99. The molecule has 0 unspecified atom stereocenters. The summed E-state index contributed by atoms with van der Waals surface area (Å²) in [5, 5.41) is 22.4. The Bertz CT molecular complexity index is 1250. The maximum Gasteiger partial charge on any atom is 0.284 e. The molecule has 0 fully saturated rings. The van der Waals surface area contributed by atoms with Gasteiger partial charge in [-0.2, -0.15) is 0 Å². The molecular weight excluding hydrogens is 396 g/mol. The molecule has 0 bridgehead atoms. The normalized spacial score (nSPS) is 11.0. The third-order valence-electron chi connectivity index (χ3n) is 4.04. The molecule has 146 valence electrons. The highest BCUT2D eigenvalue weighted by Crippen LogP contribution is 2.34. The number of hydrogen-bond acceptors (Lipinski definition) is 8. The molecule has 2 aromatic heterocycles. The zero-order valence-corrected chi connectivity index (χ0v) is 16.1. The molecule has 2 aromatic carbocycles. The van der Waals surface area contributed by atoms with Gasteiger partial charge in [-0.1, -0.05) is 0 Å². The number of nitrogens with one attached hydrogen (secondary N) is 1. The van der Waals surface area contributed by atoms with Crippen LogP contribution >= 0.6 is 11.8 Å². The van der Waals surface area contributed by atoms with E-state index < -0.39 is 10.8 Å². The molecule has 0 spiro atoms. The lowest BCUT2D eigenvalue weighted by Crippen LogP contribution is -2.12. The van der Waals surface area contributed by atoms with Gasteiger partial charge in [0.25, 0.3) is 11.6 Å². The van der Waals surface area contributed by atoms with Crippen LogP contribution in [0, 0.1) is 17.0 Å². The first kappa shape index (κ1) is 18.6. The van der Waals surface area contributed by atoms with E-state index in [-0.39, 0.29) is 11.3 Å². The van der Waals surface area contributed by atoms with Gasteiger partial charge in [0, 0.05) is 31.3 Å². The molecule has 0 radical (unpaired) electrons. The molecule has 0 saturated heterocycles. The van der Waals surface area contributed by atoms with Gasteiger partial charge in [0.05, 0.1) is 9.82 Å². The second-order valence-corrected chi connectivity index (χ2v) is 7.14. The van der Waals surface area contributed by atoms with Gasteiger partial charge in [-0.25, -0.2) is 4.98 Å². The molecule has 2 heterocycles. The van der Waals surface area contributed by atoms with E-state index in [2.05, 4.69) is 20.5 Å². The molecule has 0 aliphatic heterocycles. The van der Waals surface area contributed by atoms with E-state index in [0.29, 0.717) is 32.7 Å². The molecule has 1 N–H and O–H groups in total. The van der Waals surface area contributed by atoms with Gasteiger partial charge < -0.3 is 14.3 Å². The van der Waals surface area contributed by atoms with Crippen molar-refractivity contribution in [3.63, 3.8) is 0 Å². The number of rotatable bonds is 5. The Balaban J connectivity index is 1.59. The molecule has 29 heavy (non-hydrogen) atoms. The number of oxazole rings is 1. The number of carbonyl (C=O) groups excluding carboxylic acids is 1. The number of amides is 1. The van der Waals surface area contributed by atoms with Crippen LogP contribution in [-0.2, 0) is 7.05 Å². The van der Waals surface area contributed by atoms with Crippen molar-refractivity contribution in [1.29, 1.82) is 0 Å². The zero-order chi connectivity index (χ0) is 20.5. The predicted octanol–water partition coefficient (Wildman–Crippen LogP) is 3.58. The van der Waals surface area contributed by atoms with Crippen molar-refractivity contribution in [1.82, 2.24) is 19.7 Å². The van der Waals surface area contributed by atoms with Crippen molar-refractivity contribution in [3.8, 4) is 0 Å². The minimum absolute atomic E-state index is 0.162. The Kier molecular flexibility index (Phi) is 4.72. The SMILES string of the molecule is Cc1nc2cc(NC(=O)c3ccc(Sc4nncn4C)c([N+](=O)[O-])c3)ccc2o1. The predicted molar refractivity (Wildman–Crippen MR) is 105 cm³/mol. The van der Waals surface area contributed by atoms with Gasteiger partial charge in [-0.05, 0) is 42.1 Å². The Morgan fingerprint density at radius 1 is 1.28 bits per heavy atom. The monoisotopic (exact) mass is 410 g/mol. The van der Waals surface area contributed by atoms with E-state index >= 15 is 0 Å². The molecule has 1 amide bonds. The largest absolute Gasteiger partial charge is 0.441 e. The van der Waals surface area contributed by atoms with Crippen LogP contribution in [0.25, 0.3) is 11.1 Å². The number of nitro benzene ring substituents is 1. The van der Waals surface area contributed by atoms with E-state index in [9.17, 15) is 14.9 Å². The first-order valence-corrected chi connectivity index (χ1v) is 9.21. The number of hydrogen-bond donors (Lipinski definition) is 1. The number of aryl methyl sites for hydroxylation is 2. The summed E-state index contributed by atoms with van der Waals surface area (Å²) in [6.07, 6.45) is 1.50. The summed E-state index contributed by atoms with van der Waals surface area (Å²) in [6.45, 7) is 1.73. The first-order chi connectivity index (χ1) is 13.9. The molecule has 0 aliphatic carbocycles. The molecule has 0 atom stereocenters. The van der Waals surface area contributed by atoms with Gasteiger partial charge in [-0.3, -0.25) is 14.9 Å². The standard InChI is InChI=1S/C18H14N6O4S/c1-10-20-13-8-12(4-5-15(13)28-10)21-17(25)11-3-6-16(14(7-11)24(26)27)29-18-22-19-9-23(18)2/h3-9H,1-2H3,(H,21,25). The second-order valence-electron chi connectivity index (χ2n) is 6.14. The van der Waals surface area contributed by atoms with Crippen LogP contribution in [0.5, 0.6) is 0 Å². The van der Waals surface area contributed by atoms with Crippen molar-refractivity contribution < 1.29 is 14.1 Å². The molecule has 10 nitrogen and oxygen atoms in total. The van der Waals surface area contributed by atoms with Crippen molar-refractivity contribution >= 4 is 40.1 Å². The third-order valence-corrected chi connectivity index (χ3v) is 5.16. The Hall–Kier alpha value is -3.73. The molecule has 4 rings (SSSR count). The van der Waals surface area contributed by atoms with Crippen LogP contribution in [0.2, 0.25) is 0 Å². The molecular formula is C18H14N6O4S. The van der Waals surface area contributed by atoms with Crippen LogP contribution in [0.1, 0.15) is 16.2 Å². The number of nitrogens with zero attached hydrogens (tertiary/aromatic N) is 5. The van der Waals surface area contributed by atoms with E-state index in [0.717, 1.165) is 11.8 Å². The number of anilines is 1. The fraction of sp³-hybridized carbons (Fsp3) is 0.111. The van der Waals surface area contributed by atoms with E-state index in [4.69, 9.17) is 4.42 Å².